The van der Waals surface area contributed by atoms with Gasteiger partial charge in [-0.15, -0.1) is 0 Å². The van der Waals surface area contributed by atoms with Gasteiger partial charge in [-0.3, -0.25) is 14.5 Å². The molecule has 0 radical (unpaired) electrons. The first kappa shape index (κ1) is 22.0. The van der Waals surface area contributed by atoms with Gasteiger partial charge >= 0.3 is 0 Å². The van der Waals surface area contributed by atoms with Crippen molar-refractivity contribution in [3.63, 3.8) is 0 Å². The maximum atomic E-state index is 13.1. The fourth-order valence-corrected chi connectivity index (χ4v) is 5.01. The number of halogens is 1. The number of fused-ring (bicyclic) bond motifs is 1. The molecule has 0 N–H and O–H groups in total. The van der Waals surface area contributed by atoms with Gasteiger partial charge in [0.15, 0.2) is 11.5 Å². The number of likely N-dealkylation sites (tertiary alicyclic amines) is 1. The van der Waals surface area contributed by atoms with E-state index in [9.17, 15) is 9.59 Å². The Hall–Kier alpha value is -2.77. The van der Waals surface area contributed by atoms with E-state index < -0.39 is 0 Å². The number of hydrogen-bond donors (Lipinski definition) is 0. The Balaban J connectivity index is 1.09. The molecule has 0 aliphatic carbocycles. The number of carbonyl (C=O) groups is 2. The van der Waals surface area contributed by atoms with Crippen molar-refractivity contribution in [3.8, 4) is 11.5 Å². The van der Waals surface area contributed by atoms with Crippen LogP contribution in [0.15, 0.2) is 42.5 Å². The Bertz CT molecular complexity index is 1030. The van der Waals surface area contributed by atoms with Gasteiger partial charge in [0.05, 0.1) is 0 Å². The largest absolute Gasteiger partial charge is 0.454 e. The van der Waals surface area contributed by atoms with Crippen LogP contribution < -0.4 is 9.47 Å². The molecule has 0 unspecified atom stereocenters. The molecule has 3 aliphatic rings. The summed E-state index contributed by atoms with van der Waals surface area (Å²) in [6.07, 6.45) is 1.42. The van der Waals surface area contributed by atoms with Crippen molar-refractivity contribution in [2.24, 2.45) is 5.92 Å². The van der Waals surface area contributed by atoms with E-state index in [2.05, 4.69) is 11.0 Å². The molecule has 3 aliphatic heterocycles. The number of benzene rings is 2. The average molecular weight is 470 g/mol. The molecule has 2 aromatic rings. The lowest BCUT2D eigenvalue weighted by Gasteiger charge is -2.38. The van der Waals surface area contributed by atoms with Crippen molar-refractivity contribution in [2.45, 2.75) is 19.4 Å². The van der Waals surface area contributed by atoms with Crippen LogP contribution in [0.1, 0.15) is 28.8 Å². The second kappa shape index (κ2) is 9.61. The molecule has 0 atom stereocenters. The fraction of sp³-hybridized carbons (Fsp3) is 0.440. The number of amides is 2. The zero-order valence-corrected chi connectivity index (χ0v) is 19.3. The van der Waals surface area contributed by atoms with Gasteiger partial charge in [0.25, 0.3) is 5.91 Å². The van der Waals surface area contributed by atoms with Gasteiger partial charge in [-0.2, -0.15) is 0 Å². The van der Waals surface area contributed by atoms with E-state index in [0.717, 1.165) is 44.2 Å². The summed E-state index contributed by atoms with van der Waals surface area (Å²) in [6.45, 7) is 5.52. The van der Waals surface area contributed by atoms with Gasteiger partial charge in [0, 0.05) is 62.3 Å². The van der Waals surface area contributed by atoms with Gasteiger partial charge < -0.3 is 19.3 Å². The third-order valence-corrected chi connectivity index (χ3v) is 6.97. The zero-order valence-electron chi connectivity index (χ0n) is 18.5. The minimum atomic E-state index is -0.0134. The fourth-order valence-electron chi connectivity index (χ4n) is 4.82. The van der Waals surface area contributed by atoms with Crippen LogP contribution in [0, 0.1) is 5.92 Å². The van der Waals surface area contributed by atoms with Gasteiger partial charge in [0.2, 0.25) is 12.7 Å². The molecule has 2 saturated heterocycles. The Morgan fingerprint density at radius 1 is 0.879 bits per heavy atom. The highest BCUT2D eigenvalue weighted by atomic mass is 35.5. The molecule has 2 amide bonds. The zero-order chi connectivity index (χ0) is 22.8. The van der Waals surface area contributed by atoms with Gasteiger partial charge in [0.1, 0.15) is 0 Å². The number of rotatable bonds is 4. The lowest BCUT2D eigenvalue weighted by molar-refractivity contribution is -0.138. The van der Waals surface area contributed by atoms with Crippen molar-refractivity contribution in [1.82, 2.24) is 14.7 Å². The monoisotopic (exact) mass is 469 g/mol. The van der Waals surface area contributed by atoms with Gasteiger partial charge in [-0.05, 0) is 48.7 Å². The number of ether oxygens (including phenoxy) is 2. The molecule has 2 aromatic carbocycles. The molecule has 0 bridgehead atoms. The van der Waals surface area contributed by atoms with Crippen molar-refractivity contribution >= 4 is 23.4 Å². The van der Waals surface area contributed by atoms with Crippen molar-refractivity contribution in [2.75, 3.05) is 46.1 Å². The normalized spacial score (nSPS) is 19.1. The molecule has 33 heavy (non-hydrogen) atoms. The van der Waals surface area contributed by atoms with E-state index >= 15 is 0 Å². The lowest BCUT2D eigenvalue weighted by Crippen LogP contribution is -2.51. The Kier molecular flexibility index (Phi) is 6.42. The highest BCUT2D eigenvalue weighted by molar-refractivity contribution is 6.30. The summed E-state index contributed by atoms with van der Waals surface area (Å²) in [5, 5.41) is 0.559. The highest BCUT2D eigenvalue weighted by Gasteiger charge is 2.32. The maximum Gasteiger partial charge on any atom is 0.253 e. The summed E-state index contributed by atoms with van der Waals surface area (Å²) < 4.78 is 10.9. The first-order valence-corrected chi connectivity index (χ1v) is 11.9. The summed E-state index contributed by atoms with van der Waals surface area (Å²) in [7, 11) is 0. The Labute approximate surface area is 198 Å². The third kappa shape index (κ3) is 4.94. The molecule has 0 aromatic heterocycles. The number of hydrogen-bond acceptors (Lipinski definition) is 5. The molecular formula is C25H28ClN3O4. The van der Waals surface area contributed by atoms with Crippen LogP contribution in [-0.4, -0.2) is 72.6 Å². The standard InChI is InChI=1S/C25H28ClN3O4/c26-21-3-1-2-20(15-21)25(31)28-8-6-19(7-9-28)24(30)29-12-10-27(11-13-29)16-18-4-5-22-23(14-18)33-17-32-22/h1-5,14-15,19H,6-13,16-17H2. The van der Waals surface area contributed by atoms with Crippen LogP contribution in [0.5, 0.6) is 11.5 Å². The summed E-state index contributed by atoms with van der Waals surface area (Å²) in [4.78, 5) is 32.0. The number of carbonyl (C=O) groups excluding carboxylic acids is 2. The third-order valence-electron chi connectivity index (χ3n) is 6.73. The Morgan fingerprint density at radius 2 is 1.64 bits per heavy atom. The molecule has 0 saturated carbocycles. The quantitative estimate of drug-likeness (QED) is 0.687. The summed E-state index contributed by atoms with van der Waals surface area (Å²) >= 11 is 6.02. The highest BCUT2D eigenvalue weighted by Crippen LogP contribution is 2.33. The second-order valence-electron chi connectivity index (χ2n) is 8.87. The smallest absolute Gasteiger partial charge is 0.253 e. The summed E-state index contributed by atoms with van der Waals surface area (Å²) in [6, 6.07) is 13.1. The van der Waals surface area contributed by atoms with E-state index in [4.69, 9.17) is 21.1 Å². The summed E-state index contributed by atoms with van der Waals surface area (Å²) in [5.74, 6) is 1.82. The van der Waals surface area contributed by atoms with Crippen molar-refractivity contribution in [3.05, 3.63) is 58.6 Å². The van der Waals surface area contributed by atoms with Gasteiger partial charge in [-0.25, -0.2) is 0 Å². The molecular weight excluding hydrogens is 442 g/mol. The van der Waals surface area contributed by atoms with Crippen molar-refractivity contribution < 1.29 is 19.1 Å². The molecule has 2 fully saturated rings. The molecule has 174 valence electrons. The Morgan fingerprint density at radius 3 is 2.39 bits per heavy atom. The van der Waals surface area contributed by atoms with E-state index in [-0.39, 0.29) is 24.5 Å². The predicted octanol–water partition coefficient (Wildman–Crippen LogP) is 3.27. The topological polar surface area (TPSA) is 62.3 Å². The van der Waals surface area contributed by atoms with Crippen LogP contribution >= 0.6 is 11.6 Å². The lowest BCUT2D eigenvalue weighted by atomic mass is 9.94. The molecule has 3 heterocycles. The number of piperidine rings is 1. The predicted molar refractivity (Wildman–Crippen MR) is 125 cm³/mol. The minimum absolute atomic E-state index is 0.00572. The minimum Gasteiger partial charge on any atom is -0.454 e. The van der Waals surface area contributed by atoms with Crippen LogP contribution in [0.25, 0.3) is 0 Å². The molecule has 5 rings (SSSR count). The van der Waals surface area contributed by atoms with Crippen LogP contribution in [0.3, 0.4) is 0 Å². The average Bonchev–Trinajstić information content (AvgIpc) is 3.32. The van der Waals surface area contributed by atoms with E-state index in [1.54, 1.807) is 24.3 Å². The van der Waals surface area contributed by atoms with E-state index in [1.165, 1.54) is 5.56 Å². The SMILES string of the molecule is O=C(c1cccc(Cl)c1)N1CCC(C(=O)N2CCN(Cc3ccc4c(c3)OCO4)CC2)CC1. The van der Waals surface area contributed by atoms with E-state index in [0.29, 0.717) is 36.5 Å². The maximum absolute atomic E-state index is 13.1. The molecule has 8 heteroatoms. The van der Waals surface area contributed by atoms with Crippen LogP contribution in [0.4, 0.5) is 0 Å². The number of nitrogens with zero attached hydrogens (tertiary/aromatic N) is 3. The summed E-state index contributed by atoms with van der Waals surface area (Å²) in [5.41, 5.74) is 1.79. The second-order valence-corrected chi connectivity index (χ2v) is 9.30. The van der Waals surface area contributed by atoms with Crippen molar-refractivity contribution in [1.29, 1.82) is 0 Å². The number of piperazine rings is 1. The van der Waals surface area contributed by atoms with E-state index in [1.807, 2.05) is 21.9 Å². The first-order chi connectivity index (χ1) is 16.1. The molecule has 0 spiro atoms. The van der Waals surface area contributed by atoms with Crippen LogP contribution in [-0.2, 0) is 11.3 Å². The van der Waals surface area contributed by atoms with Crippen LogP contribution in [0.2, 0.25) is 5.02 Å². The molecule has 7 nitrogen and oxygen atoms in total. The first-order valence-electron chi connectivity index (χ1n) is 11.5. The van der Waals surface area contributed by atoms with Gasteiger partial charge in [-0.1, -0.05) is 23.7 Å².